The lowest BCUT2D eigenvalue weighted by Gasteiger charge is -1.94. The van der Waals surface area contributed by atoms with Crippen molar-refractivity contribution in [3.8, 4) is 0 Å². The Balaban J connectivity index is 2.52. The summed E-state index contributed by atoms with van der Waals surface area (Å²) in [7, 11) is 0. The Morgan fingerprint density at radius 3 is 2.36 bits per heavy atom. The summed E-state index contributed by atoms with van der Waals surface area (Å²) in [6.45, 7) is 1.88. The van der Waals surface area contributed by atoms with Gasteiger partial charge in [-0.05, 0) is 13.3 Å². The van der Waals surface area contributed by atoms with Crippen LogP contribution >= 0.6 is 0 Å². The molecule has 0 spiro atoms. The van der Waals surface area contributed by atoms with E-state index in [2.05, 4.69) is 20.4 Å². The van der Waals surface area contributed by atoms with Crippen molar-refractivity contribution in [2.45, 2.75) is 19.8 Å². The first-order valence-corrected chi connectivity index (χ1v) is 3.46. The molecule has 1 rings (SSSR count). The van der Waals surface area contributed by atoms with E-state index in [0.717, 1.165) is 0 Å². The van der Waals surface area contributed by atoms with Gasteiger partial charge in [-0.15, -0.1) is 20.4 Å². The van der Waals surface area contributed by atoms with Crippen LogP contribution in [0.1, 0.15) is 18.1 Å². The third kappa shape index (κ3) is 2.55. The van der Waals surface area contributed by atoms with E-state index in [-0.39, 0.29) is 6.61 Å². The van der Waals surface area contributed by atoms with E-state index in [9.17, 15) is 0 Å². The molecule has 0 saturated carbocycles. The summed E-state index contributed by atoms with van der Waals surface area (Å²) in [6.07, 6.45) is 1.29. The summed E-state index contributed by atoms with van der Waals surface area (Å²) in [6, 6.07) is 0. The monoisotopic (exact) mass is 154 g/mol. The van der Waals surface area contributed by atoms with E-state index in [1.807, 2.05) is 0 Å². The van der Waals surface area contributed by atoms with Gasteiger partial charge in [-0.2, -0.15) is 0 Å². The molecule has 0 fully saturated rings. The highest BCUT2D eigenvalue weighted by molar-refractivity contribution is 4.79. The van der Waals surface area contributed by atoms with Crippen LogP contribution < -0.4 is 0 Å². The number of aromatic nitrogens is 4. The minimum Gasteiger partial charge on any atom is -0.396 e. The van der Waals surface area contributed by atoms with Crippen LogP contribution in [0.15, 0.2) is 0 Å². The Bertz CT molecular complexity index is 210. The van der Waals surface area contributed by atoms with Crippen molar-refractivity contribution in [3.63, 3.8) is 0 Å². The Kier molecular flexibility index (Phi) is 2.85. The van der Waals surface area contributed by atoms with E-state index in [1.54, 1.807) is 6.92 Å². The summed E-state index contributed by atoms with van der Waals surface area (Å²) >= 11 is 0. The maximum absolute atomic E-state index is 8.49. The molecule has 0 unspecified atom stereocenters. The fourth-order valence-electron chi connectivity index (χ4n) is 0.637. The number of nitrogens with zero attached hydrogens (tertiary/aromatic N) is 4. The van der Waals surface area contributed by atoms with E-state index >= 15 is 0 Å². The normalized spacial score (nSPS) is 10.0. The highest BCUT2D eigenvalue weighted by atomic mass is 16.2. The van der Waals surface area contributed by atoms with Crippen molar-refractivity contribution in [3.05, 3.63) is 11.6 Å². The molecular formula is C6H10N4O. The molecule has 0 aliphatic heterocycles. The van der Waals surface area contributed by atoms with Crippen LogP contribution in [0.2, 0.25) is 0 Å². The topological polar surface area (TPSA) is 71.8 Å². The molecule has 0 radical (unpaired) electrons. The van der Waals surface area contributed by atoms with Gasteiger partial charge in [0.15, 0.2) is 11.6 Å². The molecular weight excluding hydrogens is 144 g/mol. The van der Waals surface area contributed by atoms with Gasteiger partial charge < -0.3 is 5.11 Å². The zero-order chi connectivity index (χ0) is 8.10. The number of aliphatic hydroxyl groups is 1. The van der Waals surface area contributed by atoms with Crippen molar-refractivity contribution in [1.82, 2.24) is 20.4 Å². The lowest BCUT2D eigenvalue weighted by Crippen LogP contribution is -2.03. The average molecular weight is 154 g/mol. The van der Waals surface area contributed by atoms with Gasteiger partial charge in [-0.3, -0.25) is 0 Å². The minimum absolute atomic E-state index is 0.150. The second-order valence-electron chi connectivity index (χ2n) is 2.19. The van der Waals surface area contributed by atoms with E-state index in [0.29, 0.717) is 24.5 Å². The highest BCUT2D eigenvalue weighted by Gasteiger charge is 1.96. The van der Waals surface area contributed by atoms with Crippen molar-refractivity contribution < 1.29 is 5.11 Å². The van der Waals surface area contributed by atoms with Crippen molar-refractivity contribution >= 4 is 0 Å². The third-order valence-corrected chi connectivity index (χ3v) is 1.18. The Morgan fingerprint density at radius 1 is 1.18 bits per heavy atom. The number of aryl methyl sites for hydroxylation is 2. The summed E-state index contributed by atoms with van der Waals surface area (Å²) in [5.74, 6) is 1.15. The van der Waals surface area contributed by atoms with Crippen molar-refractivity contribution in [1.29, 1.82) is 0 Å². The molecule has 11 heavy (non-hydrogen) atoms. The van der Waals surface area contributed by atoms with Gasteiger partial charge in [0, 0.05) is 13.0 Å². The fraction of sp³-hybridized carbons (Fsp3) is 0.667. The van der Waals surface area contributed by atoms with Gasteiger partial charge in [0.2, 0.25) is 0 Å². The van der Waals surface area contributed by atoms with E-state index in [1.165, 1.54) is 0 Å². The Labute approximate surface area is 64.5 Å². The van der Waals surface area contributed by atoms with Gasteiger partial charge in [0.05, 0.1) is 0 Å². The first kappa shape index (κ1) is 8.00. The number of aliphatic hydroxyl groups excluding tert-OH is 1. The predicted octanol–water partition coefficient (Wildman–Crippen LogP) is -0.500. The van der Waals surface area contributed by atoms with Gasteiger partial charge in [0.25, 0.3) is 0 Å². The summed E-state index contributed by atoms with van der Waals surface area (Å²) in [5.41, 5.74) is 0. The van der Waals surface area contributed by atoms with Crippen LogP contribution in [0.5, 0.6) is 0 Å². The fourth-order valence-corrected chi connectivity index (χ4v) is 0.637. The second-order valence-corrected chi connectivity index (χ2v) is 2.19. The highest BCUT2D eigenvalue weighted by Crippen LogP contribution is 1.90. The molecule has 0 saturated heterocycles. The smallest absolute Gasteiger partial charge is 0.173 e. The lowest BCUT2D eigenvalue weighted by molar-refractivity contribution is 0.287. The van der Waals surface area contributed by atoms with Gasteiger partial charge in [0.1, 0.15) is 0 Å². The first-order valence-electron chi connectivity index (χ1n) is 3.46. The summed E-state index contributed by atoms with van der Waals surface area (Å²) in [5, 5.41) is 23.5. The third-order valence-electron chi connectivity index (χ3n) is 1.18. The van der Waals surface area contributed by atoms with Gasteiger partial charge in [-0.25, -0.2) is 0 Å². The molecule has 1 aromatic heterocycles. The lowest BCUT2D eigenvalue weighted by atomic mass is 10.3. The molecule has 0 bridgehead atoms. The quantitative estimate of drug-likeness (QED) is 0.635. The van der Waals surface area contributed by atoms with Crippen LogP contribution in [0.3, 0.4) is 0 Å². The molecule has 0 aliphatic carbocycles. The molecule has 1 N–H and O–H groups in total. The largest absolute Gasteiger partial charge is 0.396 e. The van der Waals surface area contributed by atoms with E-state index in [4.69, 9.17) is 5.11 Å². The van der Waals surface area contributed by atoms with Crippen LogP contribution in [0.4, 0.5) is 0 Å². The standard InChI is InChI=1S/C6H10N4O/c1-5-7-9-6(10-8-5)3-2-4-11/h11H,2-4H2,1H3. The summed E-state index contributed by atoms with van der Waals surface area (Å²) in [4.78, 5) is 0. The predicted molar refractivity (Wildman–Crippen MR) is 37.8 cm³/mol. The molecule has 0 aromatic carbocycles. The van der Waals surface area contributed by atoms with Crippen LogP contribution in [0.25, 0.3) is 0 Å². The Hall–Kier alpha value is -1.10. The van der Waals surface area contributed by atoms with Crippen LogP contribution in [-0.4, -0.2) is 32.1 Å². The molecule has 1 heterocycles. The molecule has 1 aromatic rings. The van der Waals surface area contributed by atoms with E-state index < -0.39 is 0 Å². The first-order chi connectivity index (χ1) is 5.33. The van der Waals surface area contributed by atoms with Crippen LogP contribution in [0, 0.1) is 6.92 Å². The number of rotatable bonds is 3. The SMILES string of the molecule is Cc1nnc(CCCO)nn1. The van der Waals surface area contributed by atoms with Gasteiger partial charge >= 0.3 is 0 Å². The zero-order valence-electron chi connectivity index (χ0n) is 6.36. The zero-order valence-corrected chi connectivity index (χ0v) is 6.36. The minimum atomic E-state index is 0.150. The second kappa shape index (κ2) is 3.92. The molecule has 60 valence electrons. The molecule has 5 heteroatoms. The average Bonchev–Trinajstić information content (AvgIpc) is 2.04. The van der Waals surface area contributed by atoms with Crippen molar-refractivity contribution in [2.24, 2.45) is 0 Å². The maximum atomic E-state index is 8.49. The molecule has 0 atom stereocenters. The maximum Gasteiger partial charge on any atom is 0.173 e. The summed E-state index contributed by atoms with van der Waals surface area (Å²) < 4.78 is 0. The van der Waals surface area contributed by atoms with Gasteiger partial charge in [-0.1, -0.05) is 0 Å². The molecule has 0 aliphatic rings. The number of hydrogen-bond donors (Lipinski definition) is 1. The van der Waals surface area contributed by atoms with Crippen molar-refractivity contribution in [2.75, 3.05) is 6.61 Å². The molecule has 0 amide bonds. The molecule has 5 nitrogen and oxygen atoms in total. The Morgan fingerprint density at radius 2 is 1.82 bits per heavy atom. The van der Waals surface area contributed by atoms with Crippen LogP contribution in [-0.2, 0) is 6.42 Å². The number of hydrogen-bond acceptors (Lipinski definition) is 5.